The van der Waals surface area contributed by atoms with E-state index < -0.39 is 0 Å². The van der Waals surface area contributed by atoms with Crippen LogP contribution in [0.1, 0.15) is 56.4 Å². The lowest BCUT2D eigenvalue weighted by Crippen LogP contribution is -2.41. The summed E-state index contributed by atoms with van der Waals surface area (Å²) in [7, 11) is 0. The van der Waals surface area contributed by atoms with Gasteiger partial charge in [0.1, 0.15) is 0 Å². The van der Waals surface area contributed by atoms with Crippen LogP contribution in [0.4, 0.5) is 0 Å². The van der Waals surface area contributed by atoms with Gasteiger partial charge in [0.15, 0.2) is 0 Å². The fourth-order valence-corrected chi connectivity index (χ4v) is 3.68. The minimum absolute atomic E-state index is 0.771. The van der Waals surface area contributed by atoms with Crippen LogP contribution in [-0.4, -0.2) is 29.0 Å². The summed E-state index contributed by atoms with van der Waals surface area (Å²) in [4.78, 5) is 6.88. The first-order chi connectivity index (χ1) is 8.93. The van der Waals surface area contributed by atoms with E-state index in [0.29, 0.717) is 0 Å². The fraction of sp³-hybridized carbons (Fsp3) is 0.688. The topological polar surface area (TPSA) is 16.1 Å². The van der Waals surface area contributed by atoms with Gasteiger partial charge in [0.2, 0.25) is 0 Å². The highest BCUT2D eigenvalue weighted by Gasteiger charge is 2.26. The van der Waals surface area contributed by atoms with Crippen molar-refractivity contribution in [1.29, 1.82) is 0 Å². The van der Waals surface area contributed by atoms with Crippen LogP contribution in [0, 0.1) is 0 Å². The summed E-state index contributed by atoms with van der Waals surface area (Å²) in [5, 5.41) is 0. The van der Waals surface area contributed by atoms with E-state index in [1.54, 1.807) is 0 Å². The molecule has 0 aromatic carbocycles. The standard InChI is InChI=1S/C16H24N2/c1-2-4-16(5-3-1)18-12-8-15(9-13-18)14-6-10-17-11-7-14/h6-7,10-11,15-16H,1-5,8-9,12-13H2. The van der Waals surface area contributed by atoms with E-state index in [-0.39, 0.29) is 0 Å². The molecule has 3 rings (SSSR count). The third-order valence-corrected chi connectivity index (χ3v) is 4.80. The van der Waals surface area contributed by atoms with Crippen molar-refractivity contribution in [2.45, 2.75) is 56.9 Å². The molecular formula is C16H24N2. The Morgan fingerprint density at radius 3 is 2.22 bits per heavy atom. The second-order valence-corrected chi connectivity index (χ2v) is 5.88. The van der Waals surface area contributed by atoms with Gasteiger partial charge >= 0.3 is 0 Å². The smallest absolute Gasteiger partial charge is 0.0270 e. The molecule has 0 unspecified atom stereocenters. The lowest BCUT2D eigenvalue weighted by molar-refractivity contribution is 0.122. The minimum atomic E-state index is 0.771. The van der Waals surface area contributed by atoms with E-state index >= 15 is 0 Å². The third kappa shape index (κ3) is 2.74. The van der Waals surface area contributed by atoms with Crippen LogP contribution in [0.25, 0.3) is 0 Å². The summed E-state index contributed by atoms with van der Waals surface area (Å²) in [6.45, 7) is 2.61. The van der Waals surface area contributed by atoms with Gasteiger partial charge < -0.3 is 4.90 Å². The SMILES string of the molecule is c1cc(C2CCN(C3CCCCC3)CC2)ccn1. The second-order valence-electron chi connectivity index (χ2n) is 5.88. The average Bonchev–Trinajstić information content (AvgIpc) is 2.49. The summed E-state index contributed by atoms with van der Waals surface area (Å²) in [5.74, 6) is 0.771. The Labute approximate surface area is 110 Å². The van der Waals surface area contributed by atoms with E-state index in [2.05, 4.69) is 22.0 Å². The van der Waals surface area contributed by atoms with Crippen LogP contribution >= 0.6 is 0 Å². The molecule has 0 atom stereocenters. The van der Waals surface area contributed by atoms with E-state index in [1.165, 1.54) is 63.6 Å². The zero-order chi connectivity index (χ0) is 12.2. The molecule has 1 aromatic rings. The molecule has 2 fully saturated rings. The number of piperidine rings is 1. The Bertz CT molecular complexity index is 349. The highest BCUT2D eigenvalue weighted by atomic mass is 15.2. The zero-order valence-corrected chi connectivity index (χ0v) is 11.2. The van der Waals surface area contributed by atoms with Gasteiger partial charge in [0, 0.05) is 18.4 Å². The van der Waals surface area contributed by atoms with Crippen molar-refractivity contribution >= 4 is 0 Å². The van der Waals surface area contributed by atoms with Gasteiger partial charge in [-0.15, -0.1) is 0 Å². The van der Waals surface area contributed by atoms with Gasteiger partial charge in [-0.1, -0.05) is 19.3 Å². The van der Waals surface area contributed by atoms with Crippen molar-refractivity contribution in [1.82, 2.24) is 9.88 Å². The molecule has 0 bridgehead atoms. The van der Waals surface area contributed by atoms with Gasteiger partial charge in [-0.25, -0.2) is 0 Å². The molecule has 0 amide bonds. The Morgan fingerprint density at radius 2 is 1.56 bits per heavy atom. The molecule has 2 nitrogen and oxygen atoms in total. The number of rotatable bonds is 2. The lowest BCUT2D eigenvalue weighted by Gasteiger charge is -2.39. The molecule has 2 heterocycles. The second kappa shape index (κ2) is 5.83. The largest absolute Gasteiger partial charge is 0.300 e. The molecular weight excluding hydrogens is 220 g/mol. The molecule has 0 spiro atoms. The van der Waals surface area contributed by atoms with Crippen LogP contribution in [0.5, 0.6) is 0 Å². The Hall–Kier alpha value is -0.890. The summed E-state index contributed by atoms with van der Waals surface area (Å²) in [6.07, 6.45) is 13.8. The molecule has 1 aliphatic carbocycles. The number of aromatic nitrogens is 1. The first kappa shape index (κ1) is 12.2. The van der Waals surface area contributed by atoms with Crippen LogP contribution in [0.2, 0.25) is 0 Å². The number of nitrogens with zero attached hydrogens (tertiary/aromatic N) is 2. The Balaban J connectivity index is 1.54. The van der Waals surface area contributed by atoms with Gasteiger partial charge in [0.25, 0.3) is 0 Å². The molecule has 0 N–H and O–H groups in total. The molecule has 98 valence electrons. The number of hydrogen-bond acceptors (Lipinski definition) is 2. The Morgan fingerprint density at radius 1 is 0.889 bits per heavy atom. The highest BCUT2D eigenvalue weighted by Crippen LogP contribution is 2.31. The van der Waals surface area contributed by atoms with Crippen LogP contribution in [0.15, 0.2) is 24.5 Å². The van der Waals surface area contributed by atoms with E-state index in [4.69, 9.17) is 0 Å². The predicted octanol–water partition coefficient (Wildman–Crippen LogP) is 3.59. The van der Waals surface area contributed by atoms with Crippen molar-refractivity contribution in [2.75, 3.05) is 13.1 Å². The van der Waals surface area contributed by atoms with Crippen LogP contribution < -0.4 is 0 Å². The number of pyridine rings is 1. The monoisotopic (exact) mass is 244 g/mol. The normalized spacial score (nSPS) is 24.2. The van der Waals surface area contributed by atoms with Gasteiger partial charge in [0.05, 0.1) is 0 Å². The number of hydrogen-bond donors (Lipinski definition) is 0. The van der Waals surface area contributed by atoms with E-state index in [1.807, 2.05) is 12.4 Å². The maximum Gasteiger partial charge on any atom is 0.0270 e. The van der Waals surface area contributed by atoms with Crippen molar-refractivity contribution in [2.24, 2.45) is 0 Å². The molecule has 1 aliphatic heterocycles. The first-order valence-electron chi connectivity index (χ1n) is 7.57. The molecule has 2 aliphatic rings. The van der Waals surface area contributed by atoms with Crippen molar-refractivity contribution < 1.29 is 0 Å². The number of likely N-dealkylation sites (tertiary alicyclic amines) is 1. The summed E-state index contributed by atoms with van der Waals surface area (Å²) in [6, 6.07) is 5.29. The van der Waals surface area contributed by atoms with Gasteiger partial charge in [-0.05, 0) is 62.4 Å². The molecule has 1 aromatic heterocycles. The van der Waals surface area contributed by atoms with E-state index in [9.17, 15) is 0 Å². The minimum Gasteiger partial charge on any atom is -0.300 e. The fourth-order valence-electron chi connectivity index (χ4n) is 3.68. The summed E-state index contributed by atoms with van der Waals surface area (Å²) < 4.78 is 0. The van der Waals surface area contributed by atoms with Crippen LogP contribution in [-0.2, 0) is 0 Å². The molecule has 18 heavy (non-hydrogen) atoms. The lowest BCUT2D eigenvalue weighted by atomic mass is 9.87. The average molecular weight is 244 g/mol. The molecule has 1 saturated heterocycles. The van der Waals surface area contributed by atoms with Gasteiger partial charge in [-0.2, -0.15) is 0 Å². The maximum absolute atomic E-state index is 4.12. The summed E-state index contributed by atoms with van der Waals surface area (Å²) in [5.41, 5.74) is 1.49. The molecule has 1 saturated carbocycles. The van der Waals surface area contributed by atoms with Crippen LogP contribution in [0.3, 0.4) is 0 Å². The maximum atomic E-state index is 4.12. The quantitative estimate of drug-likeness (QED) is 0.790. The highest BCUT2D eigenvalue weighted by molar-refractivity contribution is 5.16. The van der Waals surface area contributed by atoms with Crippen molar-refractivity contribution in [3.8, 4) is 0 Å². The first-order valence-corrected chi connectivity index (χ1v) is 7.57. The summed E-state index contributed by atoms with van der Waals surface area (Å²) >= 11 is 0. The van der Waals surface area contributed by atoms with Crippen molar-refractivity contribution in [3.63, 3.8) is 0 Å². The van der Waals surface area contributed by atoms with Gasteiger partial charge in [-0.3, -0.25) is 4.98 Å². The van der Waals surface area contributed by atoms with Crippen molar-refractivity contribution in [3.05, 3.63) is 30.1 Å². The molecule has 2 heteroatoms. The predicted molar refractivity (Wildman–Crippen MR) is 74.7 cm³/mol. The molecule has 0 radical (unpaired) electrons. The zero-order valence-electron chi connectivity index (χ0n) is 11.2. The third-order valence-electron chi connectivity index (χ3n) is 4.80. The Kier molecular flexibility index (Phi) is 3.94. The van der Waals surface area contributed by atoms with E-state index in [0.717, 1.165) is 12.0 Å².